The van der Waals surface area contributed by atoms with Crippen molar-refractivity contribution in [2.45, 2.75) is 238 Å². The second kappa shape index (κ2) is 52.2. The largest absolute Gasteiger partial charge is 0.462 e. The van der Waals surface area contributed by atoms with Crippen molar-refractivity contribution in [2.75, 3.05) is 13.2 Å². The van der Waals surface area contributed by atoms with Crippen LogP contribution in [0.25, 0.3) is 0 Å². The van der Waals surface area contributed by atoms with Crippen LogP contribution in [0, 0.1) is 0 Å². The smallest absolute Gasteiger partial charge is 0.306 e. The molecule has 0 aliphatic carbocycles. The lowest BCUT2D eigenvalue weighted by Gasteiger charge is -2.15. The van der Waals surface area contributed by atoms with Gasteiger partial charge in [-0.25, -0.2) is 0 Å². The van der Waals surface area contributed by atoms with Gasteiger partial charge in [0.25, 0.3) is 0 Å². The average Bonchev–Trinajstić information content (AvgIpc) is 3.28. The molecule has 5 heteroatoms. The molecule has 0 aliphatic heterocycles. The molecule has 354 valence electrons. The zero-order valence-corrected chi connectivity index (χ0v) is 40.4. The first-order valence-corrected chi connectivity index (χ1v) is 25.8. The molecule has 62 heavy (non-hydrogen) atoms. The van der Waals surface area contributed by atoms with Crippen molar-refractivity contribution in [2.24, 2.45) is 0 Å². The van der Waals surface area contributed by atoms with Crippen molar-refractivity contribution in [1.82, 2.24) is 0 Å². The summed E-state index contributed by atoms with van der Waals surface area (Å²) in [6, 6.07) is 0. The van der Waals surface area contributed by atoms with E-state index in [2.05, 4.69) is 111 Å². The van der Waals surface area contributed by atoms with E-state index < -0.39 is 6.10 Å². The third-order valence-electron chi connectivity index (χ3n) is 10.9. The van der Waals surface area contributed by atoms with Gasteiger partial charge in [0.1, 0.15) is 6.61 Å². The molecule has 0 aromatic rings. The lowest BCUT2D eigenvalue weighted by molar-refractivity contribution is -0.161. The summed E-state index contributed by atoms with van der Waals surface area (Å²) in [5, 5.41) is 9.63. The molecule has 0 aromatic heterocycles. The molecular formula is C57H96O5. The molecule has 0 saturated heterocycles. The van der Waals surface area contributed by atoms with Crippen LogP contribution < -0.4 is 0 Å². The molecule has 0 aliphatic rings. The van der Waals surface area contributed by atoms with Crippen LogP contribution in [0.4, 0.5) is 0 Å². The Labute approximate surface area is 383 Å². The van der Waals surface area contributed by atoms with E-state index in [0.29, 0.717) is 12.8 Å². The number of aliphatic hydroxyl groups is 1. The number of unbranched alkanes of at least 4 members (excludes halogenated alkanes) is 22. The zero-order valence-electron chi connectivity index (χ0n) is 40.4. The second-order valence-electron chi connectivity index (χ2n) is 16.9. The van der Waals surface area contributed by atoms with E-state index in [0.717, 1.165) is 89.9 Å². The number of rotatable bonds is 46. The fourth-order valence-electron chi connectivity index (χ4n) is 7.00. The lowest BCUT2D eigenvalue weighted by Crippen LogP contribution is -2.28. The Morgan fingerprint density at radius 2 is 0.694 bits per heavy atom. The molecule has 1 unspecified atom stereocenters. The topological polar surface area (TPSA) is 72.8 Å². The SMILES string of the molecule is CC/C=C\C/C=C\C/C=C\C/C=C\C/C=C\CCCCCCCCCCCCCC(=O)OC(CO)COC(=O)CCCCCCCC/C=C\C/C=C\C/C=C\CCCCCCC. The van der Waals surface area contributed by atoms with Gasteiger partial charge >= 0.3 is 11.9 Å². The van der Waals surface area contributed by atoms with E-state index in [1.165, 1.54) is 116 Å². The first kappa shape index (κ1) is 58.8. The predicted molar refractivity (Wildman–Crippen MR) is 269 cm³/mol. The van der Waals surface area contributed by atoms with Crippen molar-refractivity contribution in [3.05, 3.63) is 97.2 Å². The van der Waals surface area contributed by atoms with E-state index in [4.69, 9.17) is 9.47 Å². The zero-order chi connectivity index (χ0) is 44.9. The molecule has 5 nitrogen and oxygen atoms in total. The molecule has 0 bridgehead atoms. The summed E-state index contributed by atoms with van der Waals surface area (Å²) in [4.78, 5) is 24.5. The minimum atomic E-state index is -0.786. The van der Waals surface area contributed by atoms with Gasteiger partial charge in [0, 0.05) is 12.8 Å². The molecule has 0 radical (unpaired) electrons. The van der Waals surface area contributed by atoms with Crippen LogP contribution >= 0.6 is 0 Å². The van der Waals surface area contributed by atoms with Gasteiger partial charge in [-0.05, 0) is 96.3 Å². The van der Waals surface area contributed by atoms with E-state index in [-0.39, 0.29) is 25.2 Å². The van der Waals surface area contributed by atoms with Crippen molar-refractivity contribution in [1.29, 1.82) is 0 Å². The third kappa shape index (κ3) is 49.5. The molecule has 0 amide bonds. The monoisotopic (exact) mass is 861 g/mol. The summed E-state index contributed by atoms with van der Waals surface area (Å²) in [6.45, 7) is 4.01. The number of carbonyl (C=O) groups is 2. The van der Waals surface area contributed by atoms with Gasteiger partial charge in [0.2, 0.25) is 0 Å². The van der Waals surface area contributed by atoms with Crippen LogP contribution in [-0.4, -0.2) is 36.4 Å². The van der Waals surface area contributed by atoms with Gasteiger partial charge < -0.3 is 14.6 Å². The molecule has 1 N–H and O–H groups in total. The van der Waals surface area contributed by atoms with Crippen LogP contribution in [0.5, 0.6) is 0 Å². The fraction of sp³-hybridized carbons (Fsp3) is 0.684. The van der Waals surface area contributed by atoms with Gasteiger partial charge in [-0.15, -0.1) is 0 Å². The Morgan fingerprint density at radius 1 is 0.387 bits per heavy atom. The number of allylic oxidation sites excluding steroid dienone is 16. The van der Waals surface area contributed by atoms with Gasteiger partial charge in [-0.3, -0.25) is 9.59 Å². The highest BCUT2D eigenvalue weighted by molar-refractivity contribution is 5.70. The number of aliphatic hydroxyl groups excluding tert-OH is 1. The Hall–Kier alpha value is -3.18. The number of ether oxygens (including phenoxy) is 2. The average molecular weight is 861 g/mol. The lowest BCUT2D eigenvalue weighted by atomic mass is 10.0. The van der Waals surface area contributed by atoms with E-state index >= 15 is 0 Å². The maximum Gasteiger partial charge on any atom is 0.306 e. The van der Waals surface area contributed by atoms with Crippen molar-refractivity contribution >= 4 is 11.9 Å². The maximum atomic E-state index is 12.3. The molecule has 0 spiro atoms. The van der Waals surface area contributed by atoms with Crippen LogP contribution in [0.1, 0.15) is 232 Å². The standard InChI is InChI=1S/C57H96O5/c1-3-5-7-9-11-13-15-17-19-21-23-25-26-27-28-29-30-32-34-36-38-40-42-44-46-48-50-52-57(60)62-55(53-58)54-61-56(59)51-49-47-45-43-41-39-37-35-33-31-24-22-20-18-16-14-12-10-8-6-4-2/h5,7,11,13,16-19,22-25,27-28,33,35,55,58H,3-4,6,8-10,12,14-15,20-21,26,29-32,34,36-54H2,1-2H3/b7-5-,13-11-,18-16-,19-17-,24-22-,25-23-,28-27-,35-33-. The summed E-state index contributed by atoms with van der Waals surface area (Å²) in [6.07, 6.45) is 73.5. The Kier molecular flexibility index (Phi) is 49.5. The highest BCUT2D eigenvalue weighted by atomic mass is 16.6. The summed E-state index contributed by atoms with van der Waals surface area (Å²) in [5.74, 6) is -0.611. The Balaban J connectivity index is 3.57. The maximum absolute atomic E-state index is 12.3. The molecule has 0 saturated carbocycles. The highest BCUT2D eigenvalue weighted by Crippen LogP contribution is 2.14. The van der Waals surface area contributed by atoms with Crippen molar-refractivity contribution in [3.8, 4) is 0 Å². The molecule has 0 aromatic carbocycles. The summed E-state index contributed by atoms with van der Waals surface area (Å²) in [7, 11) is 0. The first-order chi connectivity index (χ1) is 30.6. The Bertz CT molecular complexity index is 1200. The summed E-state index contributed by atoms with van der Waals surface area (Å²) < 4.78 is 10.7. The second-order valence-corrected chi connectivity index (χ2v) is 16.9. The van der Waals surface area contributed by atoms with E-state index in [1.807, 2.05) is 0 Å². The van der Waals surface area contributed by atoms with E-state index in [1.54, 1.807) is 0 Å². The molecule has 0 rings (SSSR count). The number of carbonyl (C=O) groups excluding carboxylic acids is 2. The minimum Gasteiger partial charge on any atom is -0.462 e. The van der Waals surface area contributed by atoms with Gasteiger partial charge in [0.05, 0.1) is 6.61 Å². The number of esters is 2. The van der Waals surface area contributed by atoms with E-state index in [9.17, 15) is 14.7 Å². The quantitative estimate of drug-likeness (QED) is 0.0375. The molecule has 1 atom stereocenters. The van der Waals surface area contributed by atoms with Gasteiger partial charge in [-0.2, -0.15) is 0 Å². The minimum absolute atomic E-state index is 0.0784. The fourth-order valence-corrected chi connectivity index (χ4v) is 7.00. The van der Waals surface area contributed by atoms with Crippen LogP contribution in [0.2, 0.25) is 0 Å². The van der Waals surface area contributed by atoms with Crippen LogP contribution in [0.15, 0.2) is 97.2 Å². The van der Waals surface area contributed by atoms with Crippen LogP contribution in [-0.2, 0) is 19.1 Å². The summed E-state index contributed by atoms with van der Waals surface area (Å²) >= 11 is 0. The third-order valence-corrected chi connectivity index (χ3v) is 10.9. The van der Waals surface area contributed by atoms with Crippen molar-refractivity contribution in [3.63, 3.8) is 0 Å². The van der Waals surface area contributed by atoms with Gasteiger partial charge in [-0.1, -0.05) is 220 Å². The molecule has 0 heterocycles. The molecule has 0 fully saturated rings. The first-order valence-electron chi connectivity index (χ1n) is 25.8. The molecular weight excluding hydrogens is 765 g/mol. The normalized spacial score (nSPS) is 13.0. The van der Waals surface area contributed by atoms with Gasteiger partial charge in [0.15, 0.2) is 6.10 Å². The number of hydrogen-bond donors (Lipinski definition) is 1. The Morgan fingerprint density at radius 3 is 1.05 bits per heavy atom. The summed E-state index contributed by atoms with van der Waals surface area (Å²) in [5.41, 5.74) is 0. The van der Waals surface area contributed by atoms with Crippen molar-refractivity contribution < 1.29 is 24.2 Å². The highest BCUT2D eigenvalue weighted by Gasteiger charge is 2.16. The predicted octanol–water partition coefficient (Wildman–Crippen LogP) is 17.2. The number of hydrogen-bond acceptors (Lipinski definition) is 5. The van der Waals surface area contributed by atoms with Crippen LogP contribution in [0.3, 0.4) is 0 Å².